The number of hydrogen-bond donors (Lipinski definition) is 1. The Labute approximate surface area is 112 Å². The van der Waals surface area contributed by atoms with E-state index in [0.717, 1.165) is 0 Å². The van der Waals surface area contributed by atoms with Gasteiger partial charge in [-0.15, -0.1) is 0 Å². The molecule has 1 fully saturated rings. The van der Waals surface area contributed by atoms with E-state index in [-0.39, 0.29) is 12.0 Å². The smallest absolute Gasteiger partial charge is 0.135 e. The van der Waals surface area contributed by atoms with Crippen LogP contribution in [0.2, 0.25) is 0 Å². The predicted molar refractivity (Wildman–Crippen MR) is 68.9 cm³/mol. The van der Waals surface area contributed by atoms with E-state index in [1.54, 1.807) is 34.6 Å². The molecule has 0 aliphatic carbocycles. The number of benzene rings is 1. The zero-order chi connectivity index (χ0) is 14.6. The molecule has 106 valence electrons. The normalized spacial score (nSPS) is 28.6. The van der Waals surface area contributed by atoms with Crippen LogP contribution in [-0.2, 0) is 10.3 Å². The lowest BCUT2D eigenvalue weighted by Crippen LogP contribution is -2.45. The number of halogens is 2. The first kappa shape index (κ1) is 14.4. The highest BCUT2D eigenvalue weighted by Crippen LogP contribution is 2.52. The van der Waals surface area contributed by atoms with Crippen molar-refractivity contribution in [2.75, 3.05) is 0 Å². The first-order valence-corrected chi connectivity index (χ1v) is 6.38. The minimum absolute atomic E-state index is 0.143. The zero-order valence-corrected chi connectivity index (χ0v) is 12.0. The first-order chi connectivity index (χ1) is 8.50. The van der Waals surface area contributed by atoms with E-state index in [4.69, 9.17) is 4.74 Å². The van der Waals surface area contributed by atoms with E-state index in [1.807, 2.05) is 0 Å². The largest absolute Gasteiger partial charge is 0.382 e. The van der Waals surface area contributed by atoms with Crippen molar-refractivity contribution in [2.45, 2.75) is 57.8 Å². The molecule has 19 heavy (non-hydrogen) atoms. The summed E-state index contributed by atoms with van der Waals surface area (Å²) < 4.78 is 34.1. The van der Waals surface area contributed by atoms with Gasteiger partial charge in [-0.3, -0.25) is 0 Å². The molecule has 1 aliphatic rings. The van der Waals surface area contributed by atoms with Crippen molar-refractivity contribution in [1.82, 2.24) is 0 Å². The van der Waals surface area contributed by atoms with Gasteiger partial charge >= 0.3 is 0 Å². The molecule has 1 saturated heterocycles. The highest BCUT2D eigenvalue weighted by Gasteiger charge is 2.59. The Kier molecular flexibility index (Phi) is 3.03. The number of aryl methyl sites for hydroxylation is 1. The highest BCUT2D eigenvalue weighted by atomic mass is 19.1. The fourth-order valence-corrected chi connectivity index (χ4v) is 3.07. The number of aliphatic hydroxyl groups is 1. The molecule has 2 nitrogen and oxygen atoms in total. The summed E-state index contributed by atoms with van der Waals surface area (Å²) in [5.74, 6) is -1.43. The molecule has 4 heteroatoms. The minimum atomic E-state index is -1.68. The molecule has 0 aromatic heterocycles. The lowest BCUT2D eigenvalue weighted by molar-refractivity contribution is -0.132. The molecule has 0 spiro atoms. The van der Waals surface area contributed by atoms with Gasteiger partial charge in [0.15, 0.2) is 0 Å². The second-order valence-corrected chi connectivity index (χ2v) is 6.46. The SMILES string of the molecule is Cc1ccc(F)c(C2(O)CC(C)(C)OC2(C)C)c1F. The number of rotatable bonds is 1. The summed E-state index contributed by atoms with van der Waals surface area (Å²) in [6.07, 6.45) is 0.143. The fraction of sp³-hybridized carbons (Fsp3) is 0.600. The fourth-order valence-electron chi connectivity index (χ4n) is 3.07. The minimum Gasteiger partial charge on any atom is -0.382 e. The Morgan fingerprint density at radius 1 is 1.16 bits per heavy atom. The predicted octanol–water partition coefficient (Wildman–Crippen LogP) is 3.44. The van der Waals surface area contributed by atoms with Crippen LogP contribution < -0.4 is 0 Å². The summed E-state index contributed by atoms with van der Waals surface area (Å²) in [6, 6.07) is 2.55. The summed E-state index contributed by atoms with van der Waals surface area (Å²) in [4.78, 5) is 0. The van der Waals surface area contributed by atoms with Gasteiger partial charge < -0.3 is 9.84 Å². The second-order valence-electron chi connectivity index (χ2n) is 6.46. The average Bonchev–Trinajstić information content (AvgIpc) is 2.37. The third-order valence-electron chi connectivity index (χ3n) is 3.91. The van der Waals surface area contributed by atoms with Gasteiger partial charge in [-0.2, -0.15) is 0 Å². The van der Waals surface area contributed by atoms with Crippen LogP contribution in [-0.4, -0.2) is 16.3 Å². The van der Waals surface area contributed by atoms with Crippen LogP contribution in [0.1, 0.15) is 45.2 Å². The van der Waals surface area contributed by atoms with Crippen LogP contribution in [0.5, 0.6) is 0 Å². The lowest BCUT2D eigenvalue weighted by atomic mass is 9.76. The number of hydrogen-bond acceptors (Lipinski definition) is 2. The Hall–Kier alpha value is -1.00. The van der Waals surface area contributed by atoms with Crippen LogP contribution in [0, 0.1) is 18.6 Å². The van der Waals surface area contributed by atoms with Crippen LogP contribution in [0.4, 0.5) is 8.78 Å². The van der Waals surface area contributed by atoms with Crippen molar-refractivity contribution < 1.29 is 18.6 Å². The van der Waals surface area contributed by atoms with Gasteiger partial charge in [0.1, 0.15) is 17.2 Å². The Bertz CT molecular complexity index is 523. The molecular weight excluding hydrogens is 250 g/mol. The van der Waals surface area contributed by atoms with Crippen molar-refractivity contribution >= 4 is 0 Å². The summed E-state index contributed by atoms with van der Waals surface area (Å²) in [5.41, 5.74) is -3.36. The van der Waals surface area contributed by atoms with Crippen LogP contribution >= 0.6 is 0 Å². The molecule has 1 atom stereocenters. The zero-order valence-electron chi connectivity index (χ0n) is 12.0. The van der Waals surface area contributed by atoms with E-state index in [0.29, 0.717) is 5.56 Å². The van der Waals surface area contributed by atoms with E-state index in [2.05, 4.69) is 0 Å². The maximum absolute atomic E-state index is 14.3. The molecule has 0 amide bonds. The first-order valence-electron chi connectivity index (χ1n) is 6.38. The molecule has 1 N–H and O–H groups in total. The molecule has 1 aromatic rings. The van der Waals surface area contributed by atoms with Gasteiger partial charge in [-0.05, 0) is 46.2 Å². The van der Waals surface area contributed by atoms with Gasteiger partial charge in [-0.1, -0.05) is 6.07 Å². The standard InChI is InChI=1S/C15H20F2O2/c1-9-6-7-10(16)11(12(9)17)15(18)8-13(2,3)19-14(15,4)5/h6-7,18H,8H2,1-5H3. The third-order valence-corrected chi connectivity index (χ3v) is 3.91. The second kappa shape index (κ2) is 4.00. The van der Waals surface area contributed by atoms with Crippen molar-refractivity contribution in [3.05, 3.63) is 34.9 Å². The molecule has 0 radical (unpaired) electrons. The summed E-state index contributed by atoms with van der Waals surface area (Å²) in [6.45, 7) is 8.47. The number of ether oxygens (including phenoxy) is 1. The Morgan fingerprint density at radius 3 is 2.21 bits per heavy atom. The maximum Gasteiger partial charge on any atom is 0.135 e. The monoisotopic (exact) mass is 270 g/mol. The van der Waals surface area contributed by atoms with E-state index >= 15 is 0 Å². The molecule has 2 rings (SSSR count). The summed E-state index contributed by atoms with van der Waals surface area (Å²) in [5, 5.41) is 10.9. The van der Waals surface area contributed by atoms with Gasteiger partial charge in [0.05, 0.1) is 16.8 Å². The van der Waals surface area contributed by atoms with Gasteiger partial charge in [0.25, 0.3) is 0 Å². The van der Waals surface area contributed by atoms with Crippen molar-refractivity contribution in [3.8, 4) is 0 Å². The van der Waals surface area contributed by atoms with Gasteiger partial charge in [-0.25, -0.2) is 8.78 Å². The maximum atomic E-state index is 14.3. The van der Waals surface area contributed by atoms with Crippen molar-refractivity contribution in [2.24, 2.45) is 0 Å². The molecule has 1 unspecified atom stereocenters. The van der Waals surface area contributed by atoms with Crippen molar-refractivity contribution in [3.63, 3.8) is 0 Å². The third kappa shape index (κ3) is 2.07. The molecule has 1 aromatic carbocycles. The Balaban J connectivity index is 2.67. The van der Waals surface area contributed by atoms with Crippen LogP contribution in [0.3, 0.4) is 0 Å². The lowest BCUT2D eigenvalue weighted by Gasteiger charge is -2.36. The molecule has 0 bridgehead atoms. The van der Waals surface area contributed by atoms with Crippen LogP contribution in [0.25, 0.3) is 0 Å². The summed E-state index contributed by atoms with van der Waals surface area (Å²) in [7, 11) is 0. The van der Waals surface area contributed by atoms with Gasteiger partial charge in [0.2, 0.25) is 0 Å². The molecule has 0 saturated carbocycles. The topological polar surface area (TPSA) is 29.5 Å². The van der Waals surface area contributed by atoms with E-state index < -0.39 is 28.4 Å². The van der Waals surface area contributed by atoms with E-state index in [1.165, 1.54) is 12.1 Å². The van der Waals surface area contributed by atoms with Crippen molar-refractivity contribution in [1.29, 1.82) is 0 Å². The Morgan fingerprint density at radius 2 is 1.74 bits per heavy atom. The summed E-state index contributed by atoms with van der Waals surface area (Å²) >= 11 is 0. The van der Waals surface area contributed by atoms with Crippen LogP contribution in [0.15, 0.2) is 12.1 Å². The molecule has 1 aliphatic heterocycles. The average molecular weight is 270 g/mol. The quantitative estimate of drug-likeness (QED) is 0.847. The highest BCUT2D eigenvalue weighted by molar-refractivity contribution is 5.35. The van der Waals surface area contributed by atoms with Gasteiger partial charge in [0, 0.05) is 6.42 Å². The van der Waals surface area contributed by atoms with E-state index in [9.17, 15) is 13.9 Å². The molecular formula is C15H20F2O2. The molecule has 1 heterocycles.